The number of methoxy groups -OCH3 is 1. The van der Waals surface area contributed by atoms with E-state index < -0.39 is 0 Å². The van der Waals surface area contributed by atoms with Gasteiger partial charge < -0.3 is 15.4 Å². The van der Waals surface area contributed by atoms with Gasteiger partial charge in [-0.15, -0.1) is 0 Å². The van der Waals surface area contributed by atoms with Gasteiger partial charge in [0.05, 0.1) is 12.8 Å². The fourth-order valence-corrected chi connectivity index (χ4v) is 1.43. The van der Waals surface area contributed by atoms with Crippen molar-refractivity contribution >= 4 is 17.3 Å². The lowest BCUT2D eigenvalue weighted by molar-refractivity contribution is 0.414. The van der Waals surface area contributed by atoms with Gasteiger partial charge in [0.25, 0.3) is 0 Å². The molecular weight excluding hydrogens is 235 g/mol. The van der Waals surface area contributed by atoms with Gasteiger partial charge in [-0.25, -0.2) is 14.4 Å². The fourth-order valence-electron chi connectivity index (χ4n) is 1.43. The molecule has 0 aliphatic rings. The molecule has 0 spiro atoms. The Morgan fingerprint density at radius 1 is 1.17 bits per heavy atom. The van der Waals surface area contributed by atoms with Crippen molar-refractivity contribution in [1.29, 1.82) is 0 Å². The van der Waals surface area contributed by atoms with Crippen LogP contribution in [0.3, 0.4) is 0 Å². The predicted octanol–water partition coefficient (Wildman–Crippen LogP) is 2.41. The lowest BCUT2D eigenvalue weighted by atomic mass is 10.3. The minimum Gasteiger partial charge on any atom is -0.497 e. The smallest absolute Gasteiger partial charge is 0.146 e. The van der Waals surface area contributed by atoms with E-state index in [1.807, 2.05) is 0 Å². The third-order valence-electron chi connectivity index (χ3n) is 2.36. The second-order valence-electron chi connectivity index (χ2n) is 3.51. The van der Waals surface area contributed by atoms with Gasteiger partial charge in [0.2, 0.25) is 0 Å². The summed E-state index contributed by atoms with van der Waals surface area (Å²) in [5.74, 6) is 1.35. The van der Waals surface area contributed by atoms with E-state index in [0.717, 1.165) is 0 Å². The summed E-state index contributed by atoms with van der Waals surface area (Å²) in [6, 6.07) is 6.14. The van der Waals surface area contributed by atoms with Gasteiger partial charge >= 0.3 is 0 Å². The molecule has 6 heteroatoms. The van der Waals surface area contributed by atoms with Gasteiger partial charge in [-0.3, -0.25) is 0 Å². The zero-order valence-electron chi connectivity index (χ0n) is 10.1. The quantitative estimate of drug-likeness (QED) is 0.870. The molecule has 1 aromatic carbocycles. The van der Waals surface area contributed by atoms with Crippen LogP contribution < -0.4 is 15.4 Å². The summed E-state index contributed by atoms with van der Waals surface area (Å²) in [6.07, 6.45) is 1.40. The van der Waals surface area contributed by atoms with Crippen molar-refractivity contribution in [2.24, 2.45) is 0 Å². The number of rotatable bonds is 4. The highest BCUT2D eigenvalue weighted by Crippen LogP contribution is 2.24. The van der Waals surface area contributed by atoms with E-state index in [9.17, 15) is 4.39 Å². The molecule has 5 nitrogen and oxygen atoms in total. The maximum Gasteiger partial charge on any atom is 0.146 e. The van der Waals surface area contributed by atoms with Crippen molar-refractivity contribution in [2.75, 3.05) is 24.8 Å². The second-order valence-corrected chi connectivity index (χ2v) is 3.51. The molecule has 2 N–H and O–H groups in total. The molecule has 0 saturated carbocycles. The van der Waals surface area contributed by atoms with Crippen LogP contribution in [0.15, 0.2) is 30.6 Å². The number of benzene rings is 1. The Labute approximate surface area is 104 Å². The maximum absolute atomic E-state index is 13.6. The SMILES string of the molecule is CNc1cc(Nc2cc(OC)ccc2F)ncn1. The second kappa shape index (κ2) is 5.31. The Morgan fingerprint density at radius 2 is 1.94 bits per heavy atom. The zero-order valence-corrected chi connectivity index (χ0v) is 10.1. The molecule has 1 aromatic heterocycles. The number of hydrogen-bond acceptors (Lipinski definition) is 5. The molecule has 0 aliphatic heterocycles. The summed E-state index contributed by atoms with van der Waals surface area (Å²) in [5, 5.41) is 5.76. The summed E-state index contributed by atoms with van der Waals surface area (Å²) in [5.41, 5.74) is 0.301. The van der Waals surface area contributed by atoms with Crippen molar-refractivity contribution in [3.8, 4) is 5.75 Å². The Kier molecular flexibility index (Phi) is 3.57. The van der Waals surface area contributed by atoms with Crippen LogP contribution in [0.2, 0.25) is 0 Å². The number of hydrogen-bond donors (Lipinski definition) is 2. The molecule has 0 unspecified atom stereocenters. The summed E-state index contributed by atoms with van der Waals surface area (Å²) in [7, 11) is 3.28. The van der Waals surface area contributed by atoms with Gasteiger partial charge in [-0.05, 0) is 12.1 Å². The Morgan fingerprint density at radius 3 is 2.67 bits per heavy atom. The lowest BCUT2D eigenvalue weighted by Gasteiger charge is -2.09. The lowest BCUT2D eigenvalue weighted by Crippen LogP contribution is -1.99. The van der Waals surface area contributed by atoms with Crippen molar-refractivity contribution in [3.05, 3.63) is 36.4 Å². The standard InChI is InChI=1S/C12H13FN4O/c1-14-11-6-12(16-7-15-11)17-10-5-8(18-2)3-4-9(10)13/h3-7H,1-2H3,(H2,14,15,16,17). The van der Waals surface area contributed by atoms with Crippen LogP contribution in [0.5, 0.6) is 5.75 Å². The number of halogens is 1. The van der Waals surface area contributed by atoms with Crippen LogP contribution in [0.4, 0.5) is 21.7 Å². The highest BCUT2D eigenvalue weighted by atomic mass is 19.1. The number of anilines is 3. The minimum absolute atomic E-state index is 0.301. The molecule has 94 valence electrons. The van der Waals surface area contributed by atoms with Crippen LogP contribution in [-0.2, 0) is 0 Å². The van der Waals surface area contributed by atoms with E-state index in [4.69, 9.17) is 4.74 Å². The molecule has 0 atom stereocenters. The van der Waals surface area contributed by atoms with Gasteiger partial charge in [-0.2, -0.15) is 0 Å². The van der Waals surface area contributed by atoms with Crippen LogP contribution >= 0.6 is 0 Å². The van der Waals surface area contributed by atoms with Crippen molar-refractivity contribution in [3.63, 3.8) is 0 Å². The summed E-state index contributed by atoms with van der Waals surface area (Å²) < 4.78 is 18.6. The first-order chi connectivity index (χ1) is 8.72. The van der Waals surface area contributed by atoms with Gasteiger partial charge in [-0.1, -0.05) is 0 Å². The minimum atomic E-state index is -0.375. The van der Waals surface area contributed by atoms with Gasteiger partial charge in [0.15, 0.2) is 0 Å². The summed E-state index contributed by atoms with van der Waals surface area (Å²) in [4.78, 5) is 7.98. The van der Waals surface area contributed by atoms with Crippen molar-refractivity contribution in [2.45, 2.75) is 0 Å². The topological polar surface area (TPSA) is 59.1 Å². The average molecular weight is 248 g/mol. The van der Waals surface area contributed by atoms with Crippen LogP contribution in [-0.4, -0.2) is 24.1 Å². The third-order valence-corrected chi connectivity index (χ3v) is 2.36. The Bertz CT molecular complexity index is 547. The van der Waals surface area contributed by atoms with Gasteiger partial charge in [0, 0.05) is 19.2 Å². The Hall–Kier alpha value is -2.37. The first-order valence-corrected chi connectivity index (χ1v) is 5.33. The fraction of sp³-hybridized carbons (Fsp3) is 0.167. The van der Waals surface area contributed by atoms with E-state index in [0.29, 0.717) is 23.1 Å². The van der Waals surface area contributed by atoms with E-state index in [-0.39, 0.29) is 5.82 Å². The van der Waals surface area contributed by atoms with Crippen molar-refractivity contribution < 1.29 is 9.13 Å². The molecule has 2 rings (SSSR count). The number of ether oxygens (including phenoxy) is 1. The molecule has 1 heterocycles. The largest absolute Gasteiger partial charge is 0.497 e. The van der Waals surface area contributed by atoms with E-state index in [2.05, 4.69) is 20.6 Å². The normalized spacial score (nSPS) is 9.94. The monoisotopic (exact) mass is 248 g/mol. The Balaban J connectivity index is 2.27. The molecule has 0 saturated heterocycles. The first kappa shape index (κ1) is 12.1. The summed E-state index contributed by atoms with van der Waals surface area (Å²) in [6.45, 7) is 0. The first-order valence-electron chi connectivity index (χ1n) is 5.33. The van der Waals surface area contributed by atoms with Crippen LogP contribution in [0, 0.1) is 5.82 Å². The van der Waals surface area contributed by atoms with E-state index in [1.54, 1.807) is 25.2 Å². The van der Waals surface area contributed by atoms with Crippen LogP contribution in [0.25, 0.3) is 0 Å². The molecule has 0 aliphatic carbocycles. The molecule has 0 bridgehead atoms. The molecule has 2 aromatic rings. The zero-order chi connectivity index (χ0) is 13.0. The highest BCUT2D eigenvalue weighted by molar-refractivity contribution is 5.61. The molecule has 0 amide bonds. The third kappa shape index (κ3) is 2.65. The van der Waals surface area contributed by atoms with E-state index in [1.165, 1.54) is 19.5 Å². The predicted molar refractivity (Wildman–Crippen MR) is 67.8 cm³/mol. The van der Waals surface area contributed by atoms with Crippen molar-refractivity contribution in [1.82, 2.24) is 9.97 Å². The summed E-state index contributed by atoms with van der Waals surface area (Å²) >= 11 is 0. The van der Waals surface area contributed by atoms with Crippen LogP contribution in [0.1, 0.15) is 0 Å². The number of nitrogens with zero attached hydrogens (tertiary/aromatic N) is 2. The highest BCUT2D eigenvalue weighted by Gasteiger charge is 2.05. The average Bonchev–Trinajstić information content (AvgIpc) is 2.41. The molecule has 0 radical (unpaired) electrons. The number of nitrogens with one attached hydrogen (secondary N) is 2. The van der Waals surface area contributed by atoms with Gasteiger partial charge in [0.1, 0.15) is 29.5 Å². The maximum atomic E-state index is 13.6. The number of aromatic nitrogens is 2. The molecule has 18 heavy (non-hydrogen) atoms. The molecule has 0 fully saturated rings. The molecular formula is C12H13FN4O. The van der Waals surface area contributed by atoms with E-state index >= 15 is 0 Å².